The first-order chi connectivity index (χ1) is 9.20. The van der Waals surface area contributed by atoms with E-state index in [0.717, 1.165) is 3.79 Å². The first kappa shape index (κ1) is 15.9. The molecule has 0 aliphatic heterocycles. The van der Waals surface area contributed by atoms with Crippen LogP contribution in [0.4, 0.5) is 10.1 Å². The molecule has 1 aromatic carbocycles. The van der Waals surface area contributed by atoms with E-state index in [9.17, 15) is 12.8 Å². The van der Waals surface area contributed by atoms with Gasteiger partial charge < -0.3 is 0 Å². The molecule has 0 amide bonds. The van der Waals surface area contributed by atoms with Crippen molar-refractivity contribution >= 4 is 58.9 Å². The van der Waals surface area contributed by atoms with Gasteiger partial charge in [0.2, 0.25) is 0 Å². The average molecular weight is 443 g/mol. The minimum Gasteiger partial charge on any atom is -0.279 e. The maximum absolute atomic E-state index is 13.4. The lowest BCUT2D eigenvalue weighted by molar-refractivity contribution is 0.600. The van der Waals surface area contributed by atoms with Crippen LogP contribution in [-0.2, 0) is 10.0 Å². The van der Waals surface area contributed by atoms with Crippen LogP contribution in [-0.4, -0.2) is 8.42 Å². The molecule has 0 atom stereocenters. The van der Waals surface area contributed by atoms with Crippen molar-refractivity contribution in [2.45, 2.75) is 18.7 Å². The van der Waals surface area contributed by atoms with Crippen LogP contribution in [0.5, 0.6) is 0 Å². The molecule has 0 unspecified atom stereocenters. The smallest absolute Gasteiger partial charge is 0.263 e. The molecule has 0 spiro atoms. The third-order valence-electron chi connectivity index (χ3n) is 2.64. The summed E-state index contributed by atoms with van der Waals surface area (Å²) in [5, 5.41) is 0. The van der Waals surface area contributed by atoms with Gasteiger partial charge in [-0.15, -0.1) is 11.3 Å². The standard InChI is InChI=1S/C12H10Br2FNO2S2/c1-6-3-9(15)8(13)4-10(6)16-20(17,18)11-5-12(14)19-7(11)2/h3-5,16H,1-2H3. The zero-order valence-corrected chi connectivity index (χ0v) is 15.3. The summed E-state index contributed by atoms with van der Waals surface area (Å²) in [6.07, 6.45) is 0. The molecule has 108 valence electrons. The van der Waals surface area contributed by atoms with Crippen LogP contribution in [0.25, 0.3) is 0 Å². The molecule has 2 rings (SSSR count). The third-order valence-corrected chi connectivity index (χ3v) is 6.43. The summed E-state index contributed by atoms with van der Waals surface area (Å²) < 4.78 is 41.5. The van der Waals surface area contributed by atoms with Crippen LogP contribution >= 0.6 is 43.2 Å². The Bertz CT molecular complexity index is 772. The van der Waals surface area contributed by atoms with Gasteiger partial charge in [0.1, 0.15) is 10.7 Å². The Hall–Kier alpha value is -0.440. The van der Waals surface area contributed by atoms with E-state index in [1.165, 1.54) is 23.5 Å². The van der Waals surface area contributed by atoms with E-state index in [1.807, 2.05) is 0 Å². The molecule has 1 N–H and O–H groups in total. The minimum absolute atomic E-state index is 0.212. The molecular formula is C12H10Br2FNO2S2. The lowest BCUT2D eigenvalue weighted by Crippen LogP contribution is -2.14. The molecule has 0 saturated carbocycles. The predicted octanol–water partition coefficient (Wildman–Crippen LogP) is 4.83. The topological polar surface area (TPSA) is 46.2 Å². The molecule has 0 radical (unpaired) electrons. The molecule has 3 nitrogen and oxygen atoms in total. The van der Waals surface area contributed by atoms with Gasteiger partial charge in [-0.25, -0.2) is 12.8 Å². The van der Waals surface area contributed by atoms with E-state index in [-0.39, 0.29) is 9.37 Å². The van der Waals surface area contributed by atoms with Crippen LogP contribution in [0.2, 0.25) is 0 Å². The van der Waals surface area contributed by atoms with Crippen molar-refractivity contribution in [3.8, 4) is 0 Å². The second-order valence-corrected chi connectivity index (χ2v) is 9.30. The van der Waals surface area contributed by atoms with Crippen molar-refractivity contribution in [2.75, 3.05) is 4.72 Å². The normalized spacial score (nSPS) is 11.7. The molecule has 8 heteroatoms. The van der Waals surface area contributed by atoms with Gasteiger partial charge in [0.15, 0.2) is 0 Å². The van der Waals surface area contributed by atoms with Gasteiger partial charge in [-0.05, 0) is 69.5 Å². The monoisotopic (exact) mass is 441 g/mol. The number of benzene rings is 1. The SMILES string of the molecule is Cc1cc(F)c(Br)cc1NS(=O)(=O)c1cc(Br)sc1C. The number of hydrogen-bond donors (Lipinski definition) is 1. The van der Waals surface area contributed by atoms with Crippen molar-refractivity contribution in [1.29, 1.82) is 0 Å². The number of rotatable bonds is 3. The molecule has 0 aliphatic carbocycles. The van der Waals surface area contributed by atoms with E-state index < -0.39 is 15.8 Å². The van der Waals surface area contributed by atoms with Gasteiger partial charge in [-0.2, -0.15) is 0 Å². The highest BCUT2D eigenvalue weighted by Crippen LogP contribution is 2.32. The first-order valence-electron chi connectivity index (χ1n) is 5.45. The number of halogens is 3. The minimum atomic E-state index is -3.69. The maximum Gasteiger partial charge on any atom is 0.263 e. The van der Waals surface area contributed by atoms with Crippen LogP contribution in [0, 0.1) is 19.7 Å². The summed E-state index contributed by atoms with van der Waals surface area (Å²) >= 11 is 7.66. The van der Waals surface area contributed by atoms with Crippen molar-refractivity contribution in [3.05, 3.63) is 42.7 Å². The van der Waals surface area contributed by atoms with E-state index in [1.54, 1.807) is 19.9 Å². The molecule has 0 saturated heterocycles. The highest BCUT2D eigenvalue weighted by atomic mass is 79.9. The van der Waals surface area contributed by atoms with Crippen molar-refractivity contribution < 1.29 is 12.8 Å². The Morgan fingerprint density at radius 2 is 1.85 bits per heavy atom. The van der Waals surface area contributed by atoms with Crippen LogP contribution < -0.4 is 4.72 Å². The fourth-order valence-corrected chi connectivity index (χ4v) is 5.53. The molecule has 1 heterocycles. The van der Waals surface area contributed by atoms with Crippen molar-refractivity contribution in [2.24, 2.45) is 0 Å². The Morgan fingerprint density at radius 1 is 1.20 bits per heavy atom. The van der Waals surface area contributed by atoms with Crippen LogP contribution in [0.3, 0.4) is 0 Å². The lowest BCUT2D eigenvalue weighted by Gasteiger charge is -2.11. The lowest BCUT2D eigenvalue weighted by atomic mass is 10.2. The maximum atomic E-state index is 13.4. The number of hydrogen-bond acceptors (Lipinski definition) is 3. The summed E-state index contributed by atoms with van der Waals surface area (Å²) in [5.41, 5.74) is 0.862. The summed E-state index contributed by atoms with van der Waals surface area (Å²) in [6.45, 7) is 3.38. The van der Waals surface area contributed by atoms with Crippen molar-refractivity contribution in [3.63, 3.8) is 0 Å². The zero-order chi connectivity index (χ0) is 15.1. The molecule has 0 bridgehead atoms. The van der Waals surface area contributed by atoms with Gasteiger partial charge in [0.25, 0.3) is 10.0 Å². The second-order valence-electron chi connectivity index (χ2n) is 4.16. The second kappa shape index (κ2) is 5.75. The van der Waals surface area contributed by atoms with Gasteiger partial charge in [0.05, 0.1) is 13.9 Å². The summed E-state index contributed by atoms with van der Waals surface area (Å²) in [4.78, 5) is 0.900. The van der Waals surface area contributed by atoms with Gasteiger partial charge in [0, 0.05) is 4.88 Å². The zero-order valence-electron chi connectivity index (χ0n) is 10.5. The number of sulfonamides is 1. The Morgan fingerprint density at radius 3 is 2.40 bits per heavy atom. The van der Waals surface area contributed by atoms with E-state index in [2.05, 4.69) is 36.6 Å². The molecule has 2 aromatic rings. The van der Waals surface area contributed by atoms with Crippen LogP contribution in [0.15, 0.2) is 31.4 Å². The fourth-order valence-electron chi connectivity index (χ4n) is 1.65. The Labute approximate surface area is 137 Å². The molecule has 20 heavy (non-hydrogen) atoms. The van der Waals surface area contributed by atoms with Gasteiger partial charge in [-0.1, -0.05) is 0 Å². The first-order valence-corrected chi connectivity index (χ1v) is 9.33. The molecule has 1 aromatic heterocycles. The number of aryl methyl sites for hydroxylation is 2. The number of anilines is 1. The van der Waals surface area contributed by atoms with E-state index in [0.29, 0.717) is 16.1 Å². The fraction of sp³-hybridized carbons (Fsp3) is 0.167. The highest BCUT2D eigenvalue weighted by Gasteiger charge is 2.20. The van der Waals surface area contributed by atoms with Gasteiger partial charge in [-0.3, -0.25) is 4.72 Å². The summed E-state index contributed by atoms with van der Waals surface area (Å²) in [6, 6.07) is 4.24. The molecule has 0 aliphatic rings. The largest absolute Gasteiger partial charge is 0.279 e. The van der Waals surface area contributed by atoms with E-state index in [4.69, 9.17) is 0 Å². The highest BCUT2D eigenvalue weighted by molar-refractivity contribution is 9.11. The number of nitrogens with one attached hydrogen (secondary N) is 1. The summed E-state index contributed by atoms with van der Waals surface area (Å²) in [7, 11) is -3.69. The number of thiophene rings is 1. The van der Waals surface area contributed by atoms with Gasteiger partial charge >= 0.3 is 0 Å². The Balaban J connectivity index is 2.43. The Kier molecular flexibility index (Phi) is 4.58. The molecule has 0 fully saturated rings. The van der Waals surface area contributed by atoms with E-state index >= 15 is 0 Å². The van der Waals surface area contributed by atoms with Crippen molar-refractivity contribution in [1.82, 2.24) is 0 Å². The van der Waals surface area contributed by atoms with Crippen LogP contribution in [0.1, 0.15) is 10.4 Å². The summed E-state index contributed by atoms with van der Waals surface area (Å²) in [5.74, 6) is -0.431. The average Bonchev–Trinajstić information content (AvgIpc) is 2.66. The predicted molar refractivity (Wildman–Crippen MR) is 86.4 cm³/mol. The molecular weight excluding hydrogens is 433 g/mol. The third kappa shape index (κ3) is 3.24. The quantitative estimate of drug-likeness (QED) is 0.739.